The van der Waals surface area contributed by atoms with Gasteiger partial charge in [0.05, 0.1) is 18.7 Å². The maximum atomic E-state index is 12.1. The number of aromatic nitrogens is 2. The van der Waals surface area contributed by atoms with Crippen LogP contribution < -0.4 is 5.73 Å². The SMILES string of the molecule is C/C(=C\SC(=O)c1ccccc1)N(C=O)Cc1cnc(C)nc1N.CCOC(=O)c1ccccc1. The maximum absolute atomic E-state index is 12.1. The number of amides is 1. The van der Waals surface area contributed by atoms with E-state index in [9.17, 15) is 14.4 Å². The van der Waals surface area contributed by atoms with Crippen LogP contribution in [0.4, 0.5) is 5.82 Å². The van der Waals surface area contributed by atoms with Crippen molar-refractivity contribution in [3.63, 3.8) is 0 Å². The summed E-state index contributed by atoms with van der Waals surface area (Å²) in [5.74, 6) is 0.661. The molecule has 1 aromatic heterocycles. The van der Waals surface area contributed by atoms with Crippen molar-refractivity contribution in [1.82, 2.24) is 14.9 Å². The minimum atomic E-state index is -0.256. The summed E-state index contributed by atoms with van der Waals surface area (Å²) < 4.78 is 4.79. The number of thioether (sulfide) groups is 1. The number of benzene rings is 2. The number of carbonyl (C=O) groups is 3. The summed E-state index contributed by atoms with van der Waals surface area (Å²) in [6.07, 6.45) is 2.29. The van der Waals surface area contributed by atoms with E-state index in [1.165, 1.54) is 4.90 Å². The summed E-state index contributed by atoms with van der Waals surface area (Å²) in [6, 6.07) is 17.9. The van der Waals surface area contributed by atoms with Crippen LogP contribution in [0.15, 0.2) is 78.0 Å². The lowest BCUT2D eigenvalue weighted by molar-refractivity contribution is -0.116. The molecular formula is C26H28N4O4S. The van der Waals surface area contributed by atoms with E-state index in [1.54, 1.807) is 56.6 Å². The Hall–Kier alpha value is -3.98. The van der Waals surface area contributed by atoms with E-state index in [0.717, 1.165) is 11.8 Å². The van der Waals surface area contributed by atoms with Gasteiger partial charge in [0.2, 0.25) is 11.5 Å². The Morgan fingerprint density at radius 1 is 1.06 bits per heavy atom. The number of carbonyl (C=O) groups excluding carboxylic acids is 3. The summed E-state index contributed by atoms with van der Waals surface area (Å²) in [5, 5.41) is 1.56. The number of nitrogens with two attached hydrogens (primary N) is 1. The average molecular weight is 493 g/mol. The minimum absolute atomic E-state index is 0.0843. The fourth-order valence-corrected chi connectivity index (χ4v) is 3.39. The molecule has 1 amide bonds. The molecule has 9 heteroatoms. The van der Waals surface area contributed by atoms with Crippen LogP contribution in [-0.2, 0) is 16.1 Å². The Balaban J connectivity index is 0.000000328. The van der Waals surface area contributed by atoms with E-state index in [2.05, 4.69) is 9.97 Å². The lowest BCUT2D eigenvalue weighted by atomic mass is 10.2. The monoisotopic (exact) mass is 492 g/mol. The number of allylic oxidation sites excluding steroid dienone is 1. The normalized spacial score (nSPS) is 10.5. The predicted molar refractivity (Wildman–Crippen MR) is 137 cm³/mol. The number of hydrogen-bond donors (Lipinski definition) is 1. The van der Waals surface area contributed by atoms with Crippen LogP contribution in [0, 0.1) is 6.92 Å². The molecule has 3 aromatic rings. The van der Waals surface area contributed by atoms with Gasteiger partial charge in [-0.15, -0.1) is 0 Å². The van der Waals surface area contributed by atoms with Gasteiger partial charge in [0.15, 0.2) is 0 Å². The van der Waals surface area contributed by atoms with E-state index in [4.69, 9.17) is 10.5 Å². The lowest BCUT2D eigenvalue weighted by Crippen LogP contribution is -2.20. The number of aryl methyl sites for hydroxylation is 1. The fourth-order valence-electron chi connectivity index (χ4n) is 2.70. The standard InChI is InChI=1S/C17H18N4O2S.C9H10O2/c1-12(10-24-17(23)14-6-4-3-5-7-14)21(11-22)9-15-8-19-13(2)20-16(15)18;1-2-11-9(10)8-6-4-3-5-7-8/h3-8,10-11H,9H2,1-2H3,(H2,18,19,20);3-7H,2H2,1H3/b12-10+;. The van der Waals surface area contributed by atoms with E-state index >= 15 is 0 Å². The van der Waals surface area contributed by atoms with Gasteiger partial charge in [-0.3, -0.25) is 9.59 Å². The molecule has 35 heavy (non-hydrogen) atoms. The highest BCUT2D eigenvalue weighted by atomic mass is 32.2. The molecule has 8 nitrogen and oxygen atoms in total. The molecule has 0 saturated heterocycles. The molecule has 0 saturated carbocycles. The van der Waals surface area contributed by atoms with Crippen molar-refractivity contribution in [3.8, 4) is 0 Å². The Labute approximate surface area is 209 Å². The van der Waals surface area contributed by atoms with Gasteiger partial charge in [-0.05, 0) is 38.3 Å². The maximum Gasteiger partial charge on any atom is 0.338 e. The first-order valence-electron chi connectivity index (χ1n) is 10.8. The van der Waals surface area contributed by atoms with E-state index in [1.807, 2.05) is 36.4 Å². The van der Waals surface area contributed by atoms with Gasteiger partial charge in [0, 0.05) is 23.0 Å². The number of hydrogen-bond acceptors (Lipinski definition) is 8. The molecule has 0 atom stereocenters. The molecule has 0 bridgehead atoms. The number of esters is 1. The van der Waals surface area contributed by atoms with Gasteiger partial charge in [-0.1, -0.05) is 60.3 Å². The predicted octanol–water partition coefficient (Wildman–Crippen LogP) is 4.62. The van der Waals surface area contributed by atoms with Gasteiger partial charge in [0.25, 0.3) is 0 Å². The molecule has 182 valence electrons. The molecule has 0 fully saturated rings. The van der Waals surface area contributed by atoms with Gasteiger partial charge in [-0.25, -0.2) is 14.8 Å². The number of ether oxygens (including phenoxy) is 1. The summed E-state index contributed by atoms with van der Waals surface area (Å²) in [4.78, 5) is 44.1. The summed E-state index contributed by atoms with van der Waals surface area (Å²) in [5.41, 5.74) is 8.36. The second-order valence-electron chi connectivity index (χ2n) is 7.18. The van der Waals surface area contributed by atoms with E-state index in [-0.39, 0.29) is 17.6 Å². The first-order chi connectivity index (χ1) is 16.8. The van der Waals surface area contributed by atoms with Crippen LogP contribution in [0.2, 0.25) is 0 Å². The highest BCUT2D eigenvalue weighted by Gasteiger charge is 2.11. The molecule has 2 aromatic carbocycles. The number of nitrogen functional groups attached to an aromatic ring is 1. The van der Waals surface area contributed by atoms with Crippen molar-refractivity contribution in [2.24, 2.45) is 0 Å². The molecule has 0 aliphatic rings. The first kappa shape index (κ1) is 27.3. The van der Waals surface area contributed by atoms with Crippen LogP contribution in [0.25, 0.3) is 0 Å². The summed E-state index contributed by atoms with van der Waals surface area (Å²) >= 11 is 1.03. The van der Waals surface area contributed by atoms with Crippen LogP contribution in [-0.4, -0.2) is 39.0 Å². The van der Waals surface area contributed by atoms with Gasteiger partial charge >= 0.3 is 5.97 Å². The second-order valence-corrected chi connectivity index (χ2v) is 8.02. The lowest BCUT2D eigenvalue weighted by Gasteiger charge is -2.18. The fraction of sp³-hybridized carbons (Fsp3) is 0.192. The molecule has 0 aliphatic carbocycles. The molecule has 2 N–H and O–H groups in total. The zero-order chi connectivity index (χ0) is 25.6. The molecule has 3 rings (SSSR count). The van der Waals surface area contributed by atoms with Gasteiger partial charge in [0.1, 0.15) is 11.6 Å². The molecular weight excluding hydrogens is 464 g/mol. The van der Waals surface area contributed by atoms with Crippen LogP contribution >= 0.6 is 11.8 Å². The Morgan fingerprint density at radius 2 is 1.66 bits per heavy atom. The molecule has 0 aliphatic heterocycles. The van der Waals surface area contributed by atoms with E-state index < -0.39 is 0 Å². The third-order valence-corrected chi connectivity index (χ3v) is 5.48. The average Bonchev–Trinajstić information content (AvgIpc) is 2.88. The third-order valence-electron chi connectivity index (χ3n) is 4.57. The Bertz CT molecular complexity index is 1150. The molecule has 0 unspecified atom stereocenters. The van der Waals surface area contributed by atoms with Crippen LogP contribution in [0.3, 0.4) is 0 Å². The number of rotatable bonds is 8. The second kappa shape index (κ2) is 14.3. The highest BCUT2D eigenvalue weighted by Crippen LogP contribution is 2.19. The topological polar surface area (TPSA) is 115 Å². The van der Waals surface area contributed by atoms with Crippen LogP contribution in [0.1, 0.15) is 46.0 Å². The first-order valence-corrected chi connectivity index (χ1v) is 11.7. The zero-order valence-corrected chi connectivity index (χ0v) is 20.7. The van der Waals surface area contributed by atoms with Gasteiger partial charge in [-0.2, -0.15) is 0 Å². The van der Waals surface area contributed by atoms with Crippen LogP contribution in [0.5, 0.6) is 0 Å². The van der Waals surface area contributed by atoms with Crippen molar-refractivity contribution in [2.75, 3.05) is 12.3 Å². The zero-order valence-electron chi connectivity index (χ0n) is 19.9. The van der Waals surface area contributed by atoms with Crippen molar-refractivity contribution < 1.29 is 19.1 Å². The van der Waals surface area contributed by atoms with Crippen molar-refractivity contribution >= 4 is 35.1 Å². The Kier molecular flexibility index (Phi) is 11.2. The summed E-state index contributed by atoms with van der Waals surface area (Å²) in [6.45, 7) is 5.96. The highest BCUT2D eigenvalue weighted by molar-refractivity contribution is 8.16. The van der Waals surface area contributed by atoms with Gasteiger partial charge < -0.3 is 15.4 Å². The Morgan fingerprint density at radius 3 is 2.20 bits per heavy atom. The van der Waals surface area contributed by atoms with Crippen molar-refractivity contribution in [2.45, 2.75) is 27.3 Å². The van der Waals surface area contributed by atoms with Crippen molar-refractivity contribution in [3.05, 3.63) is 100 Å². The smallest absolute Gasteiger partial charge is 0.338 e. The largest absolute Gasteiger partial charge is 0.462 e. The molecule has 0 spiro atoms. The number of nitrogens with zero attached hydrogens (tertiary/aromatic N) is 3. The third kappa shape index (κ3) is 9.05. The van der Waals surface area contributed by atoms with E-state index in [0.29, 0.717) is 47.0 Å². The van der Waals surface area contributed by atoms with Crippen molar-refractivity contribution in [1.29, 1.82) is 0 Å². The molecule has 1 heterocycles. The quantitative estimate of drug-likeness (QED) is 0.358. The number of anilines is 1. The summed E-state index contributed by atoms with van der Waals surface area (Å²) in [7, 11) is 0. The minimum Gasteiger partial charge on any atom is -0.462 e. The molecule has 0 radical (unpaired) electrons.